The largest absolute Gasteiger partial charge is 0.335 e. The lowest BCUT2D eigenvalue weighted by molar-refractivity contribution is 0.0742. The zero-order chi connectivity index (χ0) is 22.1. The second-order valence-corrected chi connectivity index (χ2v) is 10.9. The van der Waals surface area contributed by atoms with Crippen molar-refractivity contribution in [2.24, 2.45) is 11.1 Å². The zero-order valence-electron chi connectivity index (χ0n) is 16.8. The van der Waals surface area contributed by atoms with Gasteiger partial charge in [-0.1, -0.05) is 18.2 Å². The third-order valence-electron chi connectivity index (χ3n) is 5.22. The Morgan fingerprint density at radius 2 is 1.73 bits per heavy atom. The van der Waals surface area contributed by atoms with Crippen molar-refractivity contribution in [3.63, 3.8) is 0 Å². The van der Waals surface area contributed by atoms with Gasteiger partial charge < -0.3 is 4.90 Å². The van der Waals surface area contributed by atoms with Crippen LogP contribution in [0.5, 0.6) is 0 Å². The van der Waals surface area contributed by atoms with Gasteiger partial charge in [0.15, 0.2) is 0 Å². The van der Waals surface area contributed by atoms with E-state index >= 15 is 0 Å². The van der Waals surface area contributed by atoms with E-state index in [9.17, 15) is 21.6 Å². The molecule has 1 saturated carbocycles. The lowest BCUT2D eigenvalue weighted by Gasteiger charge is -2.26. The monoisotopic (exact) mass is 451 g/mol. The van der Waals surface area contributed by atoms with Crippen LogP contribution in [-0.4, -0.2) is 41.2 Å². The van der Waals surface area contributed by atoms with Crippen LogP contribution in [0.1, 0.15) is 41.7 Å². The van der Waals surface area contributed by atoms with E-state index in [2.05, 4.69) is 4.72 Å². The summed E-state index contributed by atoms with van der Waals surface area (Å²) in [5, 5.41) is 5.19. The predicted molar refractivity (Wildman–Crippen MR) is 113 cm³/mol. The van der Waals surface area contributed by atoms with Gasteiger partial charge in [0.1, 0.15) is 0 Å². The highest BCUT2D eigenvalue weighted by Gasteiger charge is 2.25. The number of nitrogens with two attached hydrogens (primary N) is 1. The van der Waals surface area contributed by atoms with Crippen molar-refractivity contribution in [2.45, 2.75) is 35.6 Å². The van der Waals surface area contributed by atoms with Crippen molar-refractivity contribution in [3.8, 4) is 0 Å². The van der Waals surface area contributed by atoms with Crippen molar-refractivity contribution in [1.82, 2.24) is 9.62 Å². The minimum Gasteiger partial charge on any atom is -0.335 e. The molecule has 3 rings (SSSR count). The SMILES string of the molecule is CC(c1cccc(S(N)(=O)=O)c1)N(C)C(=O)c1cccc(S(=O)(=O)NCC2CC2)c1. The molecule has 2 aromatic rings. The van der Waals surface area contributed by atoms with Crippen molar-refractivity contribution in [1.29, 1.82) is 0 Å². The molecule has 3 N–H and O–H groups in total. The molecule has 10 heteroatoms. The summed E-state index contributed by atoms with van der Waals surface area (Å²) in [6.07, 6.45) is 2.05. The fourth-order valence-corrected chi connectivity index (χ4v) is 4.71. The summed E-state index contributed by atoms with van der Waals surface area (Å²) in [5.41, 5.74) is 0.813. The second-order valence-electron chi connectivity index (χ2n) is 7.53. The fraction of sp³-hybridized carbons (Fsp3) is 0.350. The van der Waals surface area contributed by atoms with Crippen molar-refractivity contribution in [2.75, 3.05) is 13.6 Å². The highest BCUT2D eigenvalue weighted by atomic mass is 32.2. The zero-order valence-corrected chi connectivity index (χ0v) is 18.4. The van der Waals surface area contributed by atoms with E-state index in [-0.39, 0.29) is 21.3 Å². The van der Waals surface area contributed by atoms with Crippen LogP contribution in [0.3, 0.4) is 0 Å². The second kappa shape index (κ2) is 8.46. The van der Waals surface area contributed by atoms with Crippen LogP contribution in [0, 0.1) is 5.92 Å². The van der Waals surface area contributed by atoms with Gasteiger partial charge in [0.25, 0.3) is 5.91 Å². The number of primary sulfonamides is 1. The summed E-state index contributed by atoms with van der Waals surface area (Å²) in [4.78, 5) is 14.4. The third-order valence-corrected chi connectivity index (χ3v) is 7.55. The number of sulfonamides is 2. The molecule has 162 valence electrons. The van der Waals surface area contributed by atoms with Gasteiger partial charge >= 0.3 is 0 Å². The molecule has 8 nitrogen and oxygen atoms in total. The summed E-state index contributed by atoms with van der Waals surface area (Å²) < 4.78 is 50.8. The van der Waals surface area contributed by atoms with Crippen molar-refractivity contribution in [3.05, 3.63) is 59.7 Å². The number of benzene rings is 2. The van der Waals surface area contributed by atoms with Crippen molar-refractivity contribution >= 4 is 26.0 Å². The Labute approximate surface area is 177 Å². The van der Waals surface area contributed by atoms with Crippen molar-refractivity contribution < 1.29 is 21.6 Å². The number of nitrogens with one attached hydrogen (secondary N) is 1. The lowest BCUT2D eigenvalue weighted by atomic mass is 10.1. The normalized spacial score (nSPS) is 15.6. The Morgan fingerprint density at radius 1 is 1.10 bits per heavy atom. The van der Waals surface area contributed by atoms with E-state index in [1.54, 1.807) is 32.2 Å². The molecule has 0 aromatic heterocycles. The summed E-state index contributed by atoms with van der Waals surface area (Å²) in [6, 6.07) is 11.5. The van der Waals surface area contributed by atoms with E-state index in [0.717, 1.165) is 12.8 Å². The minimum absolute atomic E-state index is 0.0336. The van der Waals surface area contributed by atoms with Gasteiger partial charge in [-0.3, -0.25) is 4.79 Å². The number of nitrogens with zero attached hydrogens (tertiary/aromatic N) is 1. The van der Waals surface area contributed by atoms with Gasteiger partial charge in [-0.2, -0.15) is 0 Å². The number of hydrogen-bond acceptors (Lipinski definition) is 5. The van der Waals surface area contributed by atoms with E-state index < -0.39 is 26.1 Å². The van der Waals surface area contributed by atoms with Gasteiger partial charge in [-0.25, -0.2) is 26.7 Å². The number of carbonyl (C=O) groups excluding carboxylic acids is 1. The summed E-state index contributed by atoms with van der Waals surface area (Å²) >= 11 is 0. The number of carbonyl (C=O) groups is 1. The highest BCUT2D eigenvalue weighted by molar-refractivity contribution is 7.89. The molecule has 1 amide bonds. The number of rotatable bonds is 8. The molecule has 0 aliphatic heterocycles. The molecule has 0 heterocycles. The van der Waals surface area contributed by atoms with Crippen LogP contribution in [0.2, 0.25) is 0 Å². The molecule has 0 radical (unpaired) electrons. The van der Waals surface area contributed by atoms with Gasteiger partial charge in [-0.05, 0) is 61.6 Å². The smallest absolute Gasteiger partial charge is 0.254 e. The van der Waals surface area contributed by atoms with E-state index in [1.165, 1.54) is 35.2 Å². The first-order valence-corrected chi connectivity index (χ1v) is 12.5. The molecule has 1 atom stereocenters. The topological polar surface area (TPSA) is 127 Å². The van der Waals surface area contributed by atoms with Gasteiger partial charge in [-0.15, -0.1) is 0 Å². The molecule has 1 unspecified atom stereocenters. The number of amides is 1. The van der Waals surface area contributed by atoms with Crippen LogP contribution in [-0.2, 0) is 20.0 Å². The van der Waals surface area contributed by atoms with Crippen LogP contribution >= 0.6 is 0 Å². The first-order chi connectivity index (χ1) is 14.0. The Bertz CT molecular complexity index is 1160. The van der Waals surface area contributed by atoms with Crippen LogP contribution in [0.4, 0.5) is 0 Å². The summed E-state index contributed by atoms with van der Waals surface area (Å²) in [6.45, 7) is 2.15. The maximum absolute atomic E-state index is 13.0. The quantitative estimate of drug-likeness (QED) is 0.633. The molecule has 1 aliphatic carbocycles. The molecule has 2 aromatic carbocycles. The Hall–Kier alpha value is -2.27. The van der Waals surface area contributed by atoms with Gasteiger partial charge in [0.2, 0.25) is 20.0 Å². The molecule has 1 fully saturated rings. The van der Waals surface area contributed by atoms with Crippen LogP contribution in [0.15, 0.2) is 58.3 Å². The lowest BCUT2D eigenvalue weighted by Crippen LogP contribution is -2.30. The minimum atomic E-state index is -3.86. The molecule has 0 spiro atoms. The van der Waals surface area contributed by atoms with E-state index in [1.807, 2.05) is 0 Å². The molecular formula is C20H25N3O5S2. The van der Waals surface area contributed by atoms with Crippen LogP contribution < -0.4 is 9.86 Å². The molecular weight excluding hydrogens is 426 g/mol. The van der Waals surface area contributed by atoms with E-state index in [0.29, 0.717) is 18.0 Å². The van der Waals surface area contributed by atoms with Gasteiger partial charge in [0.05, 0.1) is 15.8 Å². The van der Waals surface area contributed by atoms with Crippen LogP contribution in [0.25, 0.3) is 0 Å². The molecule has 1 aliphatic rings. The average molecular weight is 452 g/mol. The highest BCUT2D eigenvalue weighted by Crippen LogP contribution is 2.28. The Balaban J connectivity index is 1.80. The first kappa shape index (κ1) is 22.4. The third kappa shape index (κ3) is 5.25. The molecule has 30 heavy (non-hydrogen) atoms. The standard InChI is InChI=1S/C20H25N3O5S2/c1-14(16-5-3-7-18(11-16)29(21,25)26)23(2)20(24)17-6-4-8-19(12-17)30(27,28)22-13-15-9-10-15/h3-8,11-12,14-15,22H,9-10,13H2,1-2H3,(H2,21,25,26). The Kier molecular flexibility index (Phi) is 6.32. The Morgan fingerprint density at radius 3 is 2.37 bits per heavy atom. The maximum Gasteiger partial charge on any atom is 0.254 e. The first-order valence-electron chi connectivity index (χ1n) is 9.48. The van der Waals surface area contributed by atoms with Gasteiger partial charge in [0, 0.05) is 19.2 Å². The fourth-order valence-electron chi connectivity index (χ4n) is 2.98. The maximum atomic E-state index is 13.0. The summed E-state index contributed by atoms with van der Waals surface area (Å²) in [5.74, 6) is 0.00687. The van der Waals surface area contributed by atoms with E-state index in [4.69, 9.17) is 5.14 Å². The summed E-state index contributed by atoms with van der Waals surface area (Å²) in [7, 11) is -5.98. The number of hydrogen-bond donors (Lipinski definition) is 2. The average Bonchev–Trinajstić information content (AvgIpc) is 3.55. The molecule has 0 bridgehead atoms. The molecule has 0 saturated heterocycles. The predicted octanol–water partition coefficient (Wildman–Crippen LogP) is 1.86.